The number of ether oxygens (including phenoxy) is 1. The molecule has 1 saturated heterocycles. The van der Waals surface area contributed by atoms with Gasteiger partial charge in [-0.05, 0) is 19.3 Å². The predicted molar refractivity (Wildman–Crippen MR) is 99.2 cm³/mol. The molecule has 2 heterocycles. The molecule has 2 aliphatic rings. The number of morpholine rings is 1. The molecule has 136 valence electrons. The molecule has 0 bridgehead atoms. The number of nitrogens with one attached hydrogen (secondary N) is 1. The Labute approximate surface area is 152 Å². The van der Waals surface area contributed by atoms with Crippen LogP contribution in [-0.4, -0.2) is 43.4 Å². The highest BCUT2D eigenvalue weighted by Crippen LogP contribution is 2.32. The molecule has 1 aliphatic heterocycles. The van der Waals surface area contributed by atoms with Gasteiger partial charge in [0.05, 0.1) is 13.2 Å². The average molecular weight is 353 g/mol. The summed E-state index contributed by atoms with van der Waals surface area (Å²) in [6.45, 7) is 2.65. The van der Waals surface area contributed by atoms with Crippen LogP contribution >= 0.6 is 0 Å². The van der Waals surface area contributed by atoms with E-state index in [0.717, 1.165) is 24.8 Å². The predicted octanol–water partition coefficient (Wildman–Crippen LogP) is 3.02. The number of nitrogens with zero attached hydrogens (tertiary/aromatic N) is 2. The van der Waals surface area contributed by atoms with Crippen molar-refractivity contribution in [2.24, 2.45) is 0 Å². The van der Waals surface area contributed by atoms with Crippen molar-refractivity contribution < 1.29 is 14.1 Å². The number of anilines is 1. The quantitative estimate of drug-likeness (QED) is 0.856. The zero-order valence-electron chi connectivity index (χ0n) is 14.7. The van der Waals surface area contributed by atoms with Crippen LogP contribution in [0.1, 0.15) is 29.6 Å². The summed E-state index contributed by atoms with van der Waals surface area (Å²) in [5.74, 6) is 0.983. The third-order valence-corrected chi connectivity index (χ3v) is 4.82. The number of aromatic nitrogens is 1. The Hall–Kier alpha value is -2.60. The van der Waals surface area contributed by atoms with Gasteiger partial charge in [-0.2, -0.15) is 0 Å². The van der Waals surface area contributed by atoms with E-state index in [2.05, 4.69) is 27.5 Å². The number of hydrogen-bond donors (Lipinski definition) is 1. The van der Waals surface area contributed by atoms with Crippen LogP contribution in [-0.2, 0) is 4.74 Å². The molecule has 1 unspecified atom stereocenters. The van der Waals surface area contributed by atoms with E-state index in [9.17, 15) is 4.79 Å². The molecule has 4 rings (SSSR count). The third kappa shape index (κ3) is 3.51. The van der Waals surface area contributed by atoms with E-state index >= 15 is 0 Å². The van der Waals surface area contributed by atoms with Gasteiger partial charge in [-0.25, -0.2) is 0 Å². The SMILES string of the molecule is O=C(NC1C=CCCC1)c1c(N2CCOCC2)noc1-c1ccccc1. The molecule has 2 aromatic rings. The van der Waals surface area contributed by atoms with Gasteiger partial charge in [0, 0.05) is 24.7 Å². The van der Waals surface area contributed by atoms with E-state index < -0.39 is 0 Å². The van der Waals surface area contributed by atoms with Crippen LogP contribution in [0.15, 0.2) is 47.0 Å². The van der Waals surface area contributed by atoms with Gasteiger partial charge in [-0.3, -0.25) is 4.79 Å². The van der Waals surface area contributed by atoms with Crippen LogP contribution in [0.3, 0.4) is 0 Å². The highest BCUT2D eigenvalue weighted by molar-refractivity contribution is 6.04. The fourth-order valence-electron chi connectivity index (χ4n) is 3.44. The van der Waals surface area contributed by atoms with E-state index in [0.29, 0.717) is 43.4 Å². The minimum Gasteiger partial charge on any atom is -0.378 e. The number of rotatable bonds is 4. The van der Waals surface area contributed by atoms with Gasteiger partial charge in [0.1, 0.15) is 5.56 Å². The molecule has 26 heavy (non-hydrogen) atoms. The fraction of sp³-hybridized carbons (Fsp3) is 0.400. The topological polar surface area (TPSA) is 67.6 Å². The summed E-state index contributed by atoms with van der Waals surface area (Å²) in [6.07, 6.45) is 7.33. The van der Waals surface area contributed by atoms with Gasteiger partial charge in [0.2, 0.25) is 0 Å². The van der Waals surface area contributed by atoms with E-state index in [1.165, 1.54) is 0 Å². The molecule has 0 spiro atoms. The maximum absolute atomic E-state index is 13.1. The Bertz CT molecular complexity index is 779. The highest BCUT2D eigenvalue weighted by atomic mass is 16.5. The number of allylic oxidation sites excluding steroid dienone is 1. The maximum atomic E-state index is 13.1. The van der Waals surface area contributed by atoms with Gasteiger partial charge >= 0.3 is 0 Å². The van der Waals surface area contributed by atoms with Gasteiger partial charge in [0.15, 0.2) is 11.6 Å². The second-order valence-corrected chi connectivity index (χ2v) is 6.61. The summed E-state index contributed by atoms with van der Waals surface area (Å²) in [7, 11) is 0. The Morgan fingerprint density at radius 3 is 2.73 bits per heavy atom. The number of benzene rings is 1. The Kier molecular flexibility index (Phi) is 5.02. The van der Waals surface area contributed by atoms with Crippen LogP contribution in [0.2, 0.25) is 0 Å². The zero-order valence-corrected chi connectivity index (χ0v) is 14.7. The molecule has 0 radical (unpaired) electrons. The summed E-state index contributed by atoms with van der Waals surface area (Å²) < 4.78 is 11.1. The first-order valence-corrected chi connectivity index (χ1v) is 9.18. The summed E-state index contributed by atoms with van der Waals surface area (Å²) in [5, 5.41) is 7.37. The zero-order chi connectivity index (χ0) is 17.8. The van der Waals surface area contributed by atoms with Crippen LogP contribution in [0.5, 0.6) is 0 Å². The van der Waals surface area contributed by atoms with Crippen molar-refractivity contribution in [3.8, 4) is 11.3 Å². The largest absolute Gasteiger partial charge is 0.378 e. The molecule has 1 aliphatic carbocycles. The van der Waals surface area contributed by atoms with Gasteiger partial charge in [0.25, 0.3) is 5.91 Å². The number of carbonyl (C=O) groups is 1. The summed E-state index contributed by atoms with van der Waals surface area (Å²) >= 11 is 0. The first kappa shape index (κ1) is 16.8. The molecule has 1 atom stereocenters. The maximum Gasteiger partial charge on any atom is 0.259 e. The molecule has 1 aromatic heterocycles. The lowest BCUT2D eigenvalue weighted by molar-refractivity contribution is 0.0941. The Morgan fingerprint density at radius 2 is 2.00 bits per heavy atom. The van der Waals surface area contributed by atoms with Crippen LogP contribution in [0.25, 0.3) is 11.3 Å². The molecule has 6 heteroatoms. The van der Waals surface area contributed by atoms with Crippen molar-refractivity contribution in [1.82, 2.24) is 10.5 Å². The molecule has 0 saturated carbocycles. The minimum absolute atomic E-state index is 0.0623. The number of amides is 1. The van der Waals surface area contributed by atoms with Crippen molar-refractivity contribution >= 4 is 11.7 Å². The Balaban J connectivity index is 1.68. The fourth-order valence-corrected chi connectivity index (χ4v) is 3.44. The van der Waals surface area contributed by atoms with E-state index in [4.69, 9.17) is 9.26 Å². The average Bonchev–Trinajstić information content (AvgIpc) is 3.15. The molecule has 1 fully saturated rings. The van der Waals surface area contributed by atoms with Crippen molar-refractivity contribution in [2.75, 3.05) is 31.2 Å². The third-order valence-electron chi connectivity index (χ3n) is 4.82. The minimum atomic E-state index is -0.136. The first-order valence-electron chi connectivity index (χ1n) is 9.18. The lowest BCUT2D eigenvalue weighted by Crippen LogP contribution is -2.39. The lowest BCUT2D eigenvalue weighted by Gasteiger charge is -2.27. The molecule has 1 aromatic carbocycles. The standard InChI is InChI=1S/C20H23N3O3/c24-20(21-16-9-5-2-6-10-16)17-18(15-7-3-1-4-8-15)26-22-19(17)23-11-13-25-14-12-23/h1,3-5,7-9,16H,2,6,10-14H2,(H,21,24). The van der Waals surface area contributed by atoms with E-state index in [-0.39, 0.29) is 11.9 Å². The summed E-state index contributed by atoms with van der Waals surface area (Å²) in [6, 6.07) is 9.72. The first-order chi connectivity index (χ1) is 12.8. The second-order valence-electron chi connectivity index (χ2n) is 6.61. The lowest BCUT2D eigenvalue weighted by atomic mass is 10.0. The number of hydrogen-bond acceptors (Lipinski definition) is 5. The number of carbonyl (C=O) groups excluding carboxylic acids is 1. The van der Waals surface area contributed by atoms with Crippen molar-refractivity contribution in [3.63, 3.8) is 0 Å². The molecular weight excluding hydrogens is 330 g/mol. The molecule has 6 nitrogen and oxygen atoms in total. The van der Waals surface area contributed by atoms with Crippen LogP contribution in [0.4, 0.5) is 5.82 Å². The van der Waals surface area contributed by atoms with E-state index in [1.807, 2.05) is 30.3 Å². The van der Waals surface area contributed by atoms with Gasteiger partial charge in [-0.15, -0.1) is 0 Å². The second kappa shape index (κ2) is 7.74. The monoisotopic (exact) mass is 353 g/mol. The van der Waals surface area contributed by atoms with Crippen molar-refractivity contribution in [3.05, 3.63) is 48.0 Å². The highest BCUT2D eigenvalue weighted by Gasteiger charge is 2.29. The van der Waals surface area contributed by atoms with Crippen LogP contribution < -0.4 is 10.2 Å². The van der Waals surface area contributed by atoms with Crippen molar-refractivity contribution in [1.29, 1.82) is 0 Å². The summed E-state index contributed by atoms with van der Waals surface area (Å²) in [4.78, 5) is 15.2. The van der Waals surface area contributed by atoms with Crippen LogP contribution in [0, 0.1) is 0 Å². The smallest absolute Gasteiger partial charge is 0.259 e. The van der Waals surface area contributed by atoms with Gasteiger partial charge in [-0.1, -0.05) is 47.6 Å². The molecular formula is C20H23N3O3. The van der Waals surface area contributed by atoms with Crippen molar-refractivity contribution in [2.45, 2.75) is 25.3 Å². The Morgan fingerprint density at radius 1 is 1.19 bits per heavy atom. The van der Waals surface area contributed by atoms with E-state index in [1.54, 1.807) is 0 Å². The van der Waals surface area contributed by atoms with Gasteiger partial charge < -0.3 is 19.5 Å². The normalized spacial score (nSPS) is 20.2. The molecule has 1 N–H and O–H groups in total. The summed E-state index contributed by atoms with van der Waals surface area (Å²) in [5.41, 5.74) is 1.36. The molecule has 1 amide bonds.